The Hall–Kier alpha value is -3.07. The molecule has 6 heteroatoms. The third kappa shape index (κ3) is 6.14. The van der Waals surface area contributed by atoms with Crippen LogP contribution in [0.4, 0.5) is 10.7 Å². The molecule has 180 valence electrons. The minimum Gasteiger partial charge on any atom is -0.481 e. The quantitative estimate of drug-likeness (QED) is 0.278. The van der Waals surface area contributed by atoms with E-state index in [2.05, 4.69) is 32.0 Å². The van der Waals surface area contributed by atoms with Crippen molar-refractivity contribution in [1.82, 2.24) is 0 Å². The third-order valence-corrected chi connectivity index (χ3v) is 7.75. The lowest BCUT2D eigenvalue weighted by molar-refractivity contribution is 0.102. The van der Waals surface area contributed by atoms with Crippen molar-refractivity contribution in [2.24, 2.45) is 16.3 Å². The van der Waals surface area contributed by atoms with E-state index >= 15 is 0 Å². The highest BCUT2D eigenvalue weighted by atomic mass is 35.5. The van der Waals surface area contributed by atoms with E-state index in [1.807, 2.05) is 24.3 Å². The van der Waals surface area contributed by atoms with Gasteiger partial charge in [-0.1, -0.05) is 38.3 Å². The van der Waals surface area contributed by atoms with Crippen molar-refractivity contribution in [1.29, 1.82) is 0 Å². The number of aliphatic imine (C=N–C) groups is 1. The number of terminal acetylenes is 1. The SMILES string of the molecule is C#CCOc1ccc(C=Nc2sc3c(c2C(=O)Nc2ccc(Cl)cc2)CC[C@@H](C(C)(C)C)C3)cc1. The molecule has 1 aliphatic carbocycles. The van der Waals surface area contributed by atoms with E-state index in [0.29, 0.717) is 27.9 Å². The number of nitrogens with zero attached hydrogens (tertiary/aromatic N) is 1. The Morgan fingerprint density at radius 1 is 1.23 bits per heavy atom. The predicted octanol–water partition coefficient (Wildman–Crippen LogP) is 7.57. The molecule has 0 saturated carbocycles. The fraction of sp³-hybridized carbons (Fsp3) is 0.310. The highest BCUT2D eigenvalue weighted by Gasteiger charge is 2.33. The van der Waals surface area contributed by atoms with Gasteiger partial charge in [-0.05, 0) is 90.3 Å². The molecule has 0 radical (unpaired) electrons. The highest BCUT2D eigenvalue weighted by Crippen LogP contribution is 2.45. The summed E-state index contributed by atoms with van der Waals surface area (Å²) in [6.45, 7) is 7.11. The predicted molar refractivity (Wildman–Crippen MR) is 147 cm³/mol. The number of rotatable bonds is 6. The Kier molecular flexibility index (Phi) is 7.64. The number of anilines is 1. The van der Waals surface area contributed by atoms with Crippen molar-refractivity contribution in [2.75, 3.05) is 11.9 Å². The molecule has 1 N–H and O–H groups in total. The maximum atomic E-state index is 13.4. The van der Waals surface area contributed by atoms with Crippen LogP contribution < -0.4 is 10.1 Å². The van der Waals surface area contributed by atoms with E-state index in [4.69, 9.17) is 27.8 Å². The first-order chi connectivity index (χ1) is 16.7. The number of fused-ring (bicyclic) bond motifs is 1. The van der Waals surface area contributed by atoms with E-state index in [0.717, 1.165) is 35.4 Å². The standard InChI is InChI=1S/C29H29ClN2O2S/c1-5-16-34-23-13-6-19(7-14-23)18-31-28-26(27(33)32-22-11-9-21(30)10-12-22)24-15-8-20(29(2,3)4)17-25(24)35-28/h1,6-7,9-14,18,20H,8,15-17H2,2-4H3,(H,32,33)/t20-/m1/s1. The number of hydrogen-bond donors (Lipinski definition) is 1. The second-order valence-corrected chi connectivity index (χ2v) is 11.3. The van der Waals surface area contributed by atoms with Gasteiger partial charge in [0.05, 0.1) is 5.56 Å². The summed E-state index contributed by atoms with van der Waals surface area (Å²) in [5, 5.41) is 4.40. The molecule has 4 nitrogen and oxygen atoms in total. The molecule has 1 aromatic heterocycles. The number of ether oxygens (including phenoxy) is 1. The molecular formula is C29H29ClN2O2S. The Bertz CT molecular complexity index is 1260. The number of thiophene rings is 1. The van der Waals surface area contributed by atoms with Crippen molar-refractivity contribution in [3.8, 4) is 18.1 Å². The lowest BCUT2D eigenvalue weighted by Gasteiger charge is -2.33. The molecule has 1 aliphatic rings. The molecule has 0 aliphatic heterocycles. The third-order valence-electron chi connectivity index (χ3n) is 6.33. The van der Waals surface area contributed by atoms with Gasteiger partial charge < -0.3 is 10.1 Å². The first-order valence-electron chi connectivity index (χ1n) is 11.7. The molecule has 1 heterocycles. The van der Waals surface area contributed by atoms with Gasteiger partial charge in [0.25, 0.3) is 5.91 Å². The summed E-state index contributed by atoms with van der Waals surface area (Å²) in [6.07, 6.45) is 9.97. The zero-order valence-corrected chi connectivity index (χ0v) is 21.8. The fourth-order valence-corrected chi connectivity index (χ4v) is 5.67. The van der Waals surface area contributed by atoms with Gasteiger partial charge in [0.2, 0.25) is 0 Å². The second-order valence-electron chi connectivity index (χ2n) is 9.77. The average molecular weight is 505 g/mol. The molecule has 35 heavy (non-hydrogen) atoms. The topological polar surface area (TPSA) is 50.7 Å². The van der Waals surface area contributed by atoms with Gasteiger partial charge in [0.15, 0.2) is 0 Å². The number of carbonyl (C=O) groups is 1. The van der Waals surface area contributed by atoms with E-state index in [1.165, 1.54) is 4.88 Å². The van der Waals surface area contributed by atoms with Crippen molar-refractivity contribution < 1.29 is 9.53 Å². The highest BCUT2D eigenvalue weighted by molar-refractivity contribution is 7.16. The van der Waals surface area contributed by atoms with Gasteiger partial charge >= 0.3 is 0 Å². The Labute approximate surface area is 216 Å². The molecular weight excluding hydrogens is 476 g/mol. The molecule has 0 bridgehead atoms. The van der Waals surface area contributed by atoms with E-state index in [1.54, 1.807) is 41.8 Å². The van der Waals surface area contributed by atoms with Crippen molar-refractivity contribution in [2.45, 2.75) is 40.0 Å². The summed E-state index contributed by atoms with van der Waals surface area (Å²) in [7, 11) is 0. The number of hydrogen-bond acceptors (Lipinski definition) is 4. The molecule has 0 fully saturated rings. The van der Waals surface area contributed by atoms with Gasteiger partial charge in [0, 0.05) is 21.8 Å². The van der Waals surface area contributed by atoms with Crippen LogP contribution in [0.2, 0.25) is 5.02 Å². The molecule has 1 amide bonds. The van der Waals surface area contributed by atoms with Crippen LogP contribution in [-0.2, 0) is 12.8 Å². The maximum absolute atomic E-state index is 13.4. The largest absolute Gasteiger partial charge is 0.481 e. The first-order valence-corrected chi connectivity index (χ1v) is 12.9. The summed E-state index contributed by atoms with van der Waals surface area (Å²) in [5.74, 6) is 3.61. The Morgan fingerprint density at radius 2 is 1.94 bits per heavy atom. The van der Waals surface area contributed by atoms with Crippen molar-refractivity contribution in [3.63, 3.8) is 0 Å². The van der Waals surface area contributed by atoms with Crippen LogP contribution in [0, 0.1) is 23.7 Å². The minimum atomic E-state index is -0.135. The second kappa shape index (κ2) is 10.7. The number of halogens is 1. The number of nitrogens with one attached hydrogen (secondary N) is 1. The van der Waals surface area contributed by atoms with Gasteiger partial charge in [-0.25, -0.2) is 4.99 Å². The van der Waals surface area contributed by atoms with Gasteiger partial charge in [-0.3, -0.25) is 4.79 Å². The van der Waals surface area contributed by atoms with Crippen LogP contribution >= 0.6 is 22.9 Å². The summed E-state index contributed by atoms with van der Waals surface area (Å²) in [6, 6.07) is 14.7. The van der Waals surface area contributed by atoms with Crippen LogP contribution in [0.25, 0.3) is 0 Å². The molecule has 0 unspecified atom stereocenters. The van der Waals surface area contributed by atoms with Crippen LogP contribution in [0.5, 0.6) is 5.75 Å². The zero-order valence-electron chi connectivity index (χ0n) is 20.2. The number of amides is 1. The Balaban J connectivity index is 1.64. The maximum Gasteiger partial charge on any atom is 0.259 e. The van der Waals surface area contributed by atoms with Crippen molar-refractivity contribution in [3.05, 3.63) is 75.1 Å². The zero-order chi connectivity index (χ0) is 25.0. The minimum absolute atomic E-state index is 0.135. The van der Waals surface area contributed by atoms with Crippen LogP contribution in [0.15, 0.2) is 53.5 Å². The molecule has 1 atom stereocenters. The summed E-state index contributed by atoms with van der Waals surface area (Å²) < 4.78 is 5.44. The number of benzene rings is 2. The molecule has 4 rings (SSSR count). The lowest BCUT2D eigenvalue weighted by Crippen LogP contribution is -2.27. The first kappa shape index (κ1) is 25.0. The molecule has 0 spiro atoms. The van der Waals surface area contributed by atoms with Gasteiger partial charge in [-0.2, -0.15) is 0 Å². The molecule has 3 aromatic rings. The summed E-state index contributed by atoms with van der Waals surface area (Å²) >= 11 is 7.64. The van der Waals surface area contributed by atoms with Crippen molar-refractivity contribution >= 4 is 45.7 Å². The summed E-state index contributed by atoms with van der Waals surface area (Å²) in [5.41, 5.74) is 3.66. The average Bonchev–Trinajstić information content (AvgIpc) is 3.21. The van der Waals surface area contributed by atoms with Gasteiger partial charge in [-0.15, -0.1) is 17.8 Å². The fourth-order valence-electron chi connectivity index (χ4n) is 4.27. The van der Waals surface area contributed by atoms with E-state index in [-0.39, 0.29) is 17.9 Å². The van der Waals surface area contributed by atoms with E-state index in [9.17, 15) is 4.79 Å². The monoisotopic (exact) mass is 504 g/mol. The normalized spacial score (nSPS) is 15.5. The van der Waals surface area contributed by atoms with Crippen LogP contribution in [-0.4, -0.2) is 18.7 Å². The molecule has 2 aromatic carbocycles. The van der Waals surface area contributed by atoms with Gasteiger partial charge in [0.1, 0.15) is 17.4 Å². The summed E-state index contributed by atoms with van der Waals surface area (Å²) in [4.78, 5) is 19.5. The van der Waals surface area contributed by atoms with Crippen LogP contribution in [0.3, 0.4) is 0 Å². The lowest BCUT2D eigenvalue weighted by atomic mass is 9.72. The van der Waals surface area contributed by atoms with E-state index < -0.39 is 0 Å². The Morgan fingerprint density at radius 3 is 2.60 bits per heavy atom. The molecule has 0 saturated heterocycles. The van der Waals surface area contributed by atoms with Crippen LogP contribution in [0.1, 0.15) is 53.6 Å². The number of carbonyl (C=O) groups excluding carboxylic acids is 1. The smallest absolute Gasteiger partial charge is 0.259 e.